The number of allylic oxidation sites excluding steroid dienone is 1. The number of aromatic nitrogens is 1. The number of nitrogens with zero attached hydrogens (tertiary/aromatic N) is 3. The van der Waals surface area contributed by atoms with Gasteiger partial charge in [-0.15, -0.1) is 11.3 Å². The standard InChI is InChI=1S/C35H40FN5O2S/c1-4-11-29(35(42)41-28-16-10-9-15-27(28)23(3)24-13-7-6-8-14-24)39-31(12-5-2)43-22-30-33(44-32(19-36)40-30)26-20-37-34(38-21-26)25-17-18-25/h6-10,12-16,20,25-26,29,39H,3-5,11,17-19,21-22H2,1-2H3,(H,41,42)/b31-12+. The van der Waals surface area contributed by atoms with Gasteiger partial charge in [-0.3, -0.25) is 9.79 Å². The maximum atomic E-state index is 13.7. The molecule has 1 aliphatic heterocycles. The van der Waals surface area contributed by atoms with E-state index in [1.165, 1.54) is 11.3 Å². The van der Waals surface area contributed by atoms with Crippen molar-refractivity contribution in [2.45, 2.75) is 71.2 Å². The summed E-state index contributed by atoms with van der Waals surface area (Å²) in [6, 6.07) is 17.1. The van der Waals surface area contributed by atoms with Crippen LogP contribution in [0.2, 0.25) is 0 Å². The molecule has 7 nitrogen and oxygen atoms in total. The molecule has 2 aromatic carbocycles. The zero-order chi connectivity index (χ0) is 30.9. The lowest BCUT2D eigenvalue weighted by molar-refractivity contribution is -0.118. The third-order valence-corrected chi connectivity index (χ3v) is 8.79. The van der Waals surface area contributed by atoms with Crippen molar-refractivity contribution in [3.8, 4) is 0 Å². The van der Waals surface area contributed by atoms with E-state index in [4.69, 9.17) is 4.74 Å². The van der Waals surface area contributed by atoms with Gasteiger partial charge in [0.25, 0.3) is 0 Å². The van der Waals surface area contributed by atoms with Crippen molar-refractivity contribution in [3.63, 3.8) is 0 Å². The summed E-state index contributed by atoms with van der Waals surface area (Å²) in [7, 11) is 0. The van der Waals surface area contributed by atoms with E-state index in [-0.39, 0.29) is 18.4 Å². The number of nitrogens with one attached hydrogen (secondary N) is 2. The van der Waals surface area contributed by atoms with E-state index in [1.807, 2.05) is 80.7 Å². The highest BCUT2D eigenvalue weighted by molar-refractivity contribution is 7.12. The monoisotopic (exact) mass is 613 g/mol. The molecule has 9 heteroatoms. The molecule has 0 radical (unpaired) electrons. The van der Waals surface area contributed by atoms with Crippen molar-refractivity contribution < 1.29 is 13.9 Å². The van der Waals surface area contributed by atoms with Crippen molar-refractivity contribution in [1.82, 2.24) is 10.3 Å². The highest BCUT2D eigenvalue weighted by Gasteiger charge is 2.30. The number of halogens is 1. The van der Waals surface area contributed by atoms with Crippen LogP contribution < -0.4 is 10.6 Å². The Morgan fingerprint density at radius 3 is 2.61 bits per heavy atom. The Hall–Kier alpha value is -4.11. The number of alkyl halides is 1. The molecule has 2 atom stereocenters. The Bertz CT molecular complexity index is 1540. The van der Waals surface area contributed by atoms with E-state index in [0.717, 1.165) is 46.7 Å². The highest BCUT2D eigenvalue weighted by Crippen LogP contribution is 2.35. The average molecular weight is 614 g/mol. The summed E-state index contributed by atoms with van der Waals surface area (Å²) in [4.78, 5) is 28.4. The van der Waals surface area contributed by atoms with Crippen LogP contribution in [0, 0.1) is 5.92 Å². The molecule has 230 valence electrons. The van der Waals surface area contributed by atoms with E-state index in [9.17, 15) is 9.18 Å². The van der Waals surface area contributed by atoms with Gasteiger partial charge in [-0.1, -0.05) is 75.4 Å². The van der Waals surface area contributed by atoms with Crippen molar-refractivity contribution in [1.29, 1.82) is 0 Å². The van der Waals surface area contributed by atoms with Crippen molar-refractivity contribution in [2.24, 2.45) is 15.9 Å². The predicted octanol–water partition coefficient (Wildman–Crippen LogP) is 7.82. The lowest BCUT2D eigenvalue weighted by Gasteiger charge is -2.22. The molecule has 1 fully saturated rings. The van der Waals surface area contributed by atoms with E-state index in [1.54, 1.807) is 0 Å². The van der Waals surface area contributed by atoms with Crippen LogP contribution in [0.5, 0.6) is 0 Å². The molecule has 5 rings (SSSR count). The molecule has 2 N–H and O–H groups in total. The lowest BCUT2D eigenvalue weighted by atomic mass is 9.98. The third-order valence-electron chi connectivity index (χ3n) is 7.60. The summed E-state index contributed by atoms with van der Waals surface area (Å²) in [5, 5.41) is 6.87. The van der Waals surface area contributed by atoms with E-state index >= 15 is 0 Å². The fourth-order valence-electron chi connectivity index (χ4n) is 5.13. The third kappa shape index (κ3) is 7.88. The summed E-state index contributed by atoms with van der Waals surface area (Å²) >= 11 is 1.35. The van der Waals surface area contributed by atoms with Gasteiger partial charge in [0.15, 0.2) is 5.88 Å². The minimum Gasteiger partial charge on any atom is -0.473 e. The first-order valence-electron chi connectivity index (χ1n) is 15.4. The predicted molar refractivity (Wildman–Crippen MR) is 178 cm³/mol. The zero-order valence-corrected chi connectivity index (χ0v) is 26.2. The Labute approximate surface area is 263 Å². The van der Waals surface area contributed by atoms with E-state index in [2.05, 4.69) is 32.2 Å². The Morgan fingerprint density at radius 2 is 1.93 bits per heavy atom. The number of thiazole rings is 1. The molecule has 1 amide bonds. The number of anilines is 1. The quantitative estimate of drug-likeness (QED) is 0.171. The molecule has 1 aromatic heterocycles. The molecule has 3 aromatic rings. The summed E-state index contributed by atoms with van der Waals surface area (Å²) < 4.78 is 19.9. The Morgan fingerprint density at radius 1 is 1.16 bits per heavy atom. The molecule has 1 aliphatic carbocycles. The van der Waals surface area contributed by atoms with Gasteiger partial charge in [-0.25, -0.2) is 14.4 Å². The molecule has 0 bridgehead atoms. The SMILES string of the molecule is C=C(c1ccccc1)c1ccccc1NC(=O)C(CCC)N/C(=C\CC)OCc1nc(CF)sc1C1C=NC(C2CC2)=NC1. The molecular formula is C35H40FN5O2S. The molecule has 0 saturated heterocycles. The van der Waals surface area contributed by atoms with E-state index < -0.39 is 12.7 Å². The number of hydrogen-bond donors (Lipinski definition) is 2. The first-order chi connectivity index (χ1) is 21.5. The van der Waals surface area contributed by atoms with Gasteiger partial charge < -0.3 is 15.4 Å². The van der Waals surface area contributed by atoms with Crippen LogP contribution in [0.25, 0.3) is 5.57 Å². The number of hydrogen-bond acceptors (Lipinski definition) is 7. The largest absolute Gasteiger partial charge is 0.473 e. The fraction of sp³-hybridized carbons (Fsp3) is 0.371. The minimum absolute atomic E-state index is 0.0511. The van der Waals surface area contributed by atoms with Gasteiger partial charge in [-0.2, -0.15) is 0 Å². The number of carbonyl (C=O) groups is 1. The number of para-hydroxylation sites is 1. The summed E-state index contributed by atoms with van der Waals surface area (Å²) in [5.74, 6) is 1.71. The first-order valence-corrected chi connectivity index (χ1v) is 16.2. The van der Waals surface area contributed by atoms with Gasteiger partial charge in [0.2, 0.25) is 5.91 Å². The normalized spacial score (nSPS) is 17.1. The second-order valence-electron chi connectivity index (χ2n) is 11.0. The molecule has 2 aliphatic rings. The van der Waals surface area contributed by atoms with Crippen LogP contribution in [-0.4, -0.2) is 35.5 Å². The number of amidine groups is 1. The van der Waals surface area contributed by atoms with Crippen molar-refractivity contribution in [2.75, 3.05) is 11.9 Å². The minimum atomic E-state index is -0.634. The lowest BCUT2D eigenvalue weighted by Crippen LogP contribution is -2.40. The average Bonchev–Trinajstić information content (AvgIpc) is 3.83. The van der Waals surface area contributed by atoms with Gasteiger partial charge >= 0.3 is 0 Å². The summed E-state index contributed by atoms with van der Waals surface area (Å²) in [6.07, 6.45) is 8.24. The number of carbonyl (C=O) groups excluding carboxylic acids is 1. The van der Waals surface area contributed by atoms with Crippen LogP contribution in [-0.2, 0) is 22.8 Å². The van der Waals surface area contributed by atoms with E-state index in [0.29, 0.717) is 47.6 Å². The number of rotatable bonds is 15. The van der Waals surface area contributed by atoms with Crippen molar-refractivity contribution in [3.05, 3.63) is 99.8 Å². The molecule has 0 spiro atoms. The van der Waals surface area contributed by atoms with Gasteiger partial charge in [-0.05, 0) is 49.0 Å². The highest BCUT2D eigenvalue weighted by atomic mass is 32.1. The summed E-state index contributed by atoms with van der Waals surface area (Å²) in [6.45, 7) is 8.44. The smallest absolute Gasteiger partial charge is 0.246 e. The Kier molecular flexibility index (Phi) is 10.7. The molecule has 1 saturated carbocycles. The number of aliphatic imine (C=N–C) groups is 2. The van der Waals surface area contributed by atoms with Gasteiger partial charge in [0.05, 0.1) is 18.2 Å². The number of ether oxygens (including phenoxy) is 1. The number of benzene rings is 2. The molecular weight excluding hydrogens is 573 g/mol. The van der Waals surface area contributed by atoms with Crippen LogP contribution in [0.3, 0.4) is 0 Å². The van der Waals surface area contributed by atoms with Crippen LogP contribution in [0.1, 0.15) is 78.6 Å². The maximum absolute atomic E-state index is 13.7. The second kappa shape index (κ2) is 15.1. The topological polar surface area (TPSA) is 88.0 Å². The number of amides is 1. The molecule has 2 heterocycles. The van der Waals surface area contributed by atoms with Gasteiger partial charge in [0.1, 0.15) is 30.2 Å². The van der Waals surface area contributed by atoms with Crippen LogP contribution >= 0.6 is 11.3 Å². The maximum Gasteiger partial charge on any atom is 0.246 e. The van der Waals surface area contributed by atoms with Crippen LogP contribution in [0.4, 0.5) is 10.1 Å². The zero-order valence-electron chi connectivity index (χ0n) is 25.4. The molecule has 2 unspecified atom stereocenters. The second-order valence-corrected chi connectivity index (χ2v) is 12.2. The Balaban J connectivity index is 1.27. The van der Waals surface area contributed by atoms with Crippen molar-refractivity contribution >= 4 is 40.6 Å². The van der Waals surface area contributed by atoms with Gasteiger partial charge in [0, 0.05) is 28.3 Å². The first kappa shape index (κ1) is 31.3. The molecule has 44 heavy (non-hydrogen) atoms. The summed E-state index contributed by atoms with van der Waals surface area (Å²) in [5.41, 5.74) is 4.07. The van der Waals surface area contributed by atoms with Crippen LogP contribution in [0.15, 0.2) is 83.1 Å². The fourth-order valence-corrected chi connectivity index (χ4v) is 6.10.